The summed E-state index contributed by atoms with van der Waals surface area (Å²) in [5.74, 6) is -15.9. The van der Waals surface area contributed by atoms with Crippen LogP contribution >= 0.6 is 34.5 Å². The van der Waals surface area contributed by atoms with Gasteiger partial charge in [0.2, 0.25) is 53.4 Å². The number of nitrogens with two attached hydrogens (primary N) is 2. The number of aliphatic hydroxyl groups excluding tert-OH is 8. The highest BCUT2D eigenvalue weighted by Crippen LogP contribution is 2.51. The number of hydrogen-bond donors (Lipinski definition) is 22. The van der Waals surface area contributed by atoms with Crippen molar-refractivity contribution in [2.45, 2.75) is 208 Å². The second-order valence-corrected chi connectivity index (χ2v) is 34.2. The molecule has 0 saturated carbocycles. The number of rotatable bonds is 22. The molecule has 7 amide bonds. The van der Waals surface area contributed by atoms with Gasteiger partial charge in [-0.15, -0.1) is 11.3 Å². The van der Waals surface area contributed by atoms with E-state index in [4.69, 9.17) is 77.3 Å². The van der Waals surface area contributed by atoms with Gasteiger partial charge in [-0.05, 0) is 159 Å². The molecule has 3 fully saturated rings. The molecule has 8 aliphatic heterocycles. The number of aliphatic hydroxyl groups is 8. The standard InChI is InChI=1S/C85H98Cl2N10O29S.CH4/c1-7-118-41-13-8-35(9-14-41)57-19-15-42(127-57)30-91-31-55-67(104)68(105)70(107)83(122-55)126-74-56(32-98)123-84(71(108)69(74)106)125-73-53-24-39-25-54(73)121-52-18-12-38(23-46(52)87)72(124-59-29-85(5,89)75(109)34(4)119-59)65-81(115)95-63(82(116)117)44-26-40(99)27-50(101)60(44)43-21-36(10-16-49(43)100)61(78(112)97-65)94-79(113)62(39)93-77(111)48(28-58(88)102)92-80(114)64(96-76(110)47(90-6)20-33(2)3)66(103)37-11-17-51(120-53)45(86)22-37;/h8-19,21-27,33-34,47-48,55-56,59,61-72,74-75,83-84,90-91,98-101,103-109H,7,20,28-32,89H2,1-6H3,(H2,88,102)(H,92,114)(H,93,111)(H,94,113)(H,95,115)(H,96,110)(H,97,112)(H,116,117);1H4/t34-,47+,48+,55+,56+,59?,61-,62+,63-,64?,65-,66+,67-,68-,69+,70+,71+,72+,74+,75-,83-,84-,85-;/m0./s1. The van der Waals surface area contributed by atoms with Gasteiger partial charge in [0.25, 0.3) is 0 Å². The number of thiophene rings is 1. The summed E-state index contributed by atoms with van der Waals surface area (Å²) in [6.45, 7) is 7.88. The zero-order valence-electron chi connectivity index (χ0n) is 68.8. The van der Waals surface area contributed by atoms with Crippen molar-refractivity contribution in [2.75, 3.05) is 26.8 Å². The summed E-state index contributed by atoms with van der Waals surface area (Å²) in [4.78, 5) is 122. The number of primary amides is 1. The molecule has 7 aromatic rings. The first-order valence-electron chi connectivity index (χ1n) is 40.5. The number of carbonyl (C=O) groups excluding carboxylic acids is 7. The van der Waals surface area contributed by atoms with E-state index < -0.39 is 279 Å². The lowest BCUT2D eigenvalue weighted by atomic mass is 9.86. The first-order chi connectivity index (χ1) is 60.3. The fraction of sp³-hybridized carbons (Fsp3) is 0.442. The van der Waals surface area contributed by atoms with Crippen LogP contribution in [0.25, 0.3) is 21.6 Å². The van der Waals surface area contributed by atoms with Gasteiger partial charge < -0.3 is 158 Å². The molecule has 11 bridgehead atoms. The van der Waals surface area contributed by atoms with E-state index in [-0.39, 0.29) is 56.0 Å². The molecule has 23 atom stereocenters. The normalized spacial score (nSPS) is 29.2. The van der Waals surface area contributed by atoms with Gasteiger partial charge in [-0.25, -0.2) is 4.79 Å². The molecule has 24 N–H and O–H groups in total. The molecular formula is C86H102Cl2N10O29S. The summed E-state index contributed by atoms with van der Waals surface area (Å²) in [7, 11) is 1.46. The van der Waals surface area contributed by atoms with Crippen LogP contribution in [-0.2, 0) is 68.6 Å². The molecule has 6 aromatic carbocycles. The van der Waals surface area contributed by atoms with Crippen molar-refractivity contribution in [3.8, 4) is 73.3 Å². The fourth-order valence-electron chi connectivity index (χ4n) is 15.8. The third-order valence-corrected chi connectivity index (χ3v) is 24.2. The second-order valence-electron chi connectivity index (χ2n) is 32.2. The van der Waals surface area contributed by atoms with Crippen molar-refractivity contribution in [3.63, 3.8) is 0 Å². The number of amides is 7. The average molecular weight is 1840 g/mol. The molecule has 9 heterocycles. The van der Waals surface area contributed by atoms with Gasteiger partial charge in [-0.1, -0.05) is 62.7 Å². The minimum Gasteiger partial charge on any atom is -0.508 e. The highest BCUT2D eigenvalue weighted by atomic mass is 35.5. The molecule has 2 unspecified atom stereocenters. The molecule has 690 valence electrons. The van der Waals surface area contributed by atoms with Crippen LogP contribution in [0.1, 0.15) is 124 Å². The maximum atomic E-state index is 16.4. The van der Waals surface area contributed by atoms with Crippen LogP contribution in [0.3, 0.4) is 0 Å². The molecule has 0 spiro atoms. The quantitative estimate of drug-likeness (QED) is 0.0463. The monoisotopic (exact) mass is 1840 g/mol. The Morgan fingerprint density at radius 3 is 1.94 bits per heavy atom. The van der Waals surface area contributed by atoms with Crippen molar-refractivity contribution < 1.29 is 142 Å². The summed E-state index contributed by atoms with van der Waals surface area (Å²) in [5.41, 5.74) is 8.94. The summed E-state index contributed by atoms with van der Waals surface area (Å²) in [6.07, 6.45) is -29.1. The number of aliphatic carboxylic acids is 1. The summed E-state index contributed by atoms with van der Waals surface area (Å²) in [5, 5.41) is 160. The van der Waals surface area contributed by atoms with Crippen molar-refractivity contribution in [1.29, 1.82) is 0 Å². The van der Waals surface area contributed by atoms with E-state index in [9.17, 15) is 75.7 Å². The van der Waals surface area contributed by atoms with Crippen LogP contribution in [0.15, 0.2) is 115 Å². The van der Waals surface area contributed by atoms with E-state index in [1.807, 2.05) is 57.2 Å². The highest BCUT2D eigenvalue weighted by molar-refractivity contribution is 7.15. The smallest absolute Gasteiger partial charge is 0.330 e. The Morgan fingerprint density at radius 2 is 1.30 bits per heavy atom. The molecule has 0 aliphatic carbocycles. The predicted octanol–water partition coefficient (Wildman–Crippen LogP) is 2.49. The van der Waals surface area contributed by atoms with E-state index in [1.54, 1.807) is 0 Å². The number of carbonyl (C=O) groups is 8. The van der Waals surface area contributed by atoms with Gasteiger partial charge in [-0.3, -0.25) is 33.6 Å². The first-order valence-corrected chi connectivity index (χ1v) is 42.0. The number of hydrogen-bond acceptors (Lipinski definition) is 32. The van der Waals surface area contributed by atoms with Crippen LogP contribution in [-0.4, -0.2) is 245 Å². The zero-order chi connectivity index (χ0) is 91.6. The number of carboxylic acid groups (broad SMARTS) is 1. The number of phenolic OH excluding ortho intramolecular Hbond substituents is 3. The van der Waals surface area contributed by atoms with Crippen LogP contribution in [0.5, 0.6) is 51.7 Å². The number of likely N-dealkylation sites (N-methyl/N-ethyl adjacent to an activating group) is 1. The van der Waals surface area contributed by atoms with Crippen molar-refractivity contribution >= 4 is 81.9 Å². The van der Waals surface area contributed by atoms with Crippen molar-refractivity contribution in [2.24, 2.45) is 17.4 Å². The Labute approximate surface area is 746 Å². The van der Waals surface area contributed by atoms with Gasteiger partial charge in [0.15, 0.2) is 30.1 Å². The van der Waals surface area contributed by atoms with E-state index >= 15 is 24.0 Å². The van der Waals surface area contributed by atoms with Gasteiger partial charge in [-0.2, -0.15) is 0 Å². The number of halogens is 2. The van der Waals surface area contributed by atoms with Gasteiger partial charge in [0.05, 0.1) is 47.9 Å². The molecule has 39 nitrogen and oxygen atoms in total. The van der Waals surface area contributed by atoms with E-state index in [1.165, 1.54) is 44.4 Å². The number of phenols is 3. The third-order valence-electron chi connectivity index (χ3n) is 22.4. The molecular weight excluding hydrogens is 1740 g/mol. The Balaban J connectivity index is 0.0000149. The minimum atomic E-state index is -2.42. The second kappa shape index (κ2) is 40.5. The van der Waals surface area contributed by atoms with E-state index in [0.29, 0.717) is 12.4 Å². The molecule has 128 heavy (non-hydrogen) atoms. The Bertz CT molecular complexity index is 5270. The number of aromatic hydroxyl groups is 3. The summed E-state index contributed by atoms with van der Waals surface area (Å²) in [6, 6.07) is 10.4. The lowest BCUT2D eigenvalue weighted by molar-refractivity contribution is -0.350. The maximum absolute atomic E-state index is 16.4. The third kappa shape index (κ3) is 21.1. The number of fused-ring (bicyclic) bond motifs is 15. The van der Waals surface area contributed by atoms with Crippen molar-refractivity contribution in [1.82, 2.24) is 42.5 Å². The number of benzene rings is 6. The summed E-state index contributed by atoms with van der Waals surface area (Å²) < 4.78 is 56.9. The van der Waals surface area contributed by atoms with Crippen LogP contribution in [0, 0.1) is 5.92 Å². The Morgan fingerprint density at radius 1 is 0.672 bits per heavy atom. The summed E-state index contributed by atoms with van der Waals surface area (Å²) >= 11 is 16.0. The van der Waals surface area contributed by atoms with Crippen LogP contribution in [0.4, 0.5) is 0 Å². The van der Waals surface area contributed by atoms with Crippen LogP contribution < -0.4 is 72.9 Å². The zero-order valence-corrected chi connectivity index (χ0v) is 71.2. The number of nitrogens with one attached hydrogen (secondary N) is 8. The van der Waals surface area contributed by atoms with E-state index in [2.05, 4.69) is 42.5 Å². The fourth-order valence-corrected chi connectivity index (χ4v) is 17.3. The van der Waals surface area contributed by atoms with Gasteiger partial charge in [0.1, 0.15) is 126 Å². The lowest BCUT2D eigenvalue weighted by Gasteiger charge is -2.46. The van der Waals surface area contributed by atoms with E-state index in [0.717, 1.165) is 82.0 Å². The lowest BCUT2D eigenvalue weighted by Crippen LogP contribution is -2.65. The predicted molar refractivity (Wildman–Crippen MR) is 454 cm³/mol. The van der Waals surface area contributed by atoms with Gasteiger partial charge >= 0.3 is 5.97 Å². The molecule has 42 heteroatoms. The largest absolute Gasteiger partial charge is 0.508 e. The van der Waals surface area contributed by atoms with Crippen LogP contribution in [0.2, 0.25) is 10.0 Å². The topological polar surface area (TPSA) is 611 Å². The average Bonchev–Trinajstić information content (AvgIpc) is 0.902. The first kappa shape index (κ1) is 96.4. The molecule has 15 rings (SSSR count). The Kier molecular flexibility index (Phi) is 30.5. The molecule has 0 radical (unpaired) electrons. The maximum Gasteiger partial charge on any atom is 0.330 e. The highest BCUT2D eigenvalue weighted by Gasteiger charge is 2.53. The number of ether oxygens (including phenoxy) is 9. The SMILES string of the molecule is C.CCOc1ccc(-c2ccc(CNC[C@H]3O[C@@H](O[C@H]4[C@H](O)[C@@H](O)[C@H](Oc5c6cc7cc5Oc5ccc(cc5Cl)[C@@H](OC5C[C@](C)(N)[C@@H](O)[C@H](C)O5)[C@@H]5NC(=O)[C@@H](NC(=O)[C@@H]7NC(=O)[C@@H](CC(N)=O)NC(=O)C(NC(=O)[C@@H](CC(C)C)NC)[C@H](O)c7ccc(c(Cl)c7)O6)c6ccc(O)c(c6)-c6c(O)cc(O)cc6[C@@H](C(=O)O)NC5=O)O[C@@H]4CO)[C@H](O)[C@@H](O)[C@H]3O)s2)cc1. The number of carboxylic acids is 1. The Hall–Kier alpha value is -10.7. The minimum absolute atomic E-state index is 0. The van der Waals surface area contributed by atoms with Crippen molar-refractivity contribution in [3.05, 3.63) is 158 Å². The molecule has 1 aromatic heterocycles. The molecule has 8 aliphatic rings. The van der Waals surface area contributed by atoms with Gasteiger partial charge in [0, 0.05) is 57.6 Å². The molecule has 3 saturated heterocycles.